The van der Waals surface area contributed by atoms with Crippen molar-refractivity contribution in [2.75, 3.05) is 6.54 Å². The minimum atomic E-state index is 1.07. The summed E-state index contributed by atoms with van der Waals surface area (Å²) in [5.41, 5.74) is 0. The van der Waals surface area contributed by atoms with Crippen molar-refractivity contribution in [2.24, 2.45) is 4.99 Å². The molecule has 34 heavy (non-hydrogen) atoms. The van der Waals surface area contributed by atoms with E-state index in [-0.39, 0.29) is 0 Å². The first kappa shape index (κ1) is 33.7. The highest BCUT2D eigenvalue weighted by molar-refractivity contribution is 5.56. The van der Waals surface area contributed by atoms with Gasteiger partial charge < -0.3 is 0 Å². The fourth-order valence-electron chi connectivity index (χ4n) is 5.01. The summed E-state index contributed by atoms with van der Waals surface area (Å²) in [7, 11) is 0. The molecule has 0 aliphatic carbocycles. The highest BCUT2D eigenvalue weighted by atomic mass is 14.7. The van der Waals surface area contributed by atoms with Crippen molar-refractivity contribution in [1.82, 2.24) is 0 Å². The van der Waals surface area contributed by atoms with Crippen LogP contribution in [0.4, 0.5) is 0 Å². The fourth-order valence-corrected chi connectivity index (χ4v) is 5.01. The van der Waals surface area contributed by atoms with Crippen LogP contribution in [-0.4, -0.2) is 12.8 Å². The lowest BCUT2D eigenvalue weighted by molar-refractivity contribution is 0.533. The Bertz CT molecular complexity index is 362. The zero-order chi connectivity index (χ0) is 24.6. The molecule has 0 radical (unpaired) electrons. The van der Waals surface area contributed by atoms with Crippen LogP contribution in [0.3, 0.4) is 0 Å². The first-order valence-electron chi connectivity index (χ1n) is 16.4. The first-order chi connectivity index (χ1) is 16.9. The molecule has 0 amide bonds. The summed E-state index contributed by atoms with van der Waals surface area (Å²) in [6, 6.07) is 0. The van der Waals surface area contributed by atoms with Gasteiger partial charge in [0.2, 0.25) is 0 Å². The monoisotopic (exact) mass is 478 g/mol. The van der Waals surface area contributed by atoms with Gasteiger partial charge in [0.25, 0.3) is 0 Å². The van der Waals surface area contributed by atoms with Crippen molar-refractivity contribution in [1.29, 1.82) is 0 Å². The van der Waals surface area contributed by atoms with E-state index in [0.717, 1.165) is 6.54 Å². The lowest BCUT2D eigenvalue weighted by Gasteiger charge is -2.03. The van der Waals surface area contributed by atoms with Gasteiger partial charge >= 0.3 is 0 Å². The summed E-state index contributed by atoms with van der Waals surface area (Å²) in [4.78, 5) is 4.64. The van der Waals surface area contributed by atoms with Crippen LogP contribution in [0.1, 0.15) is 200 Å². The van der Waals surface area contributed by atoms with Crippen LogP contribution in [0, 0.1) is 0 Å². The predicted molar refractivity (Wildman–Crippen MR) is 159 cm³/mol. The molecule has 1 heteroatoms. The van der Waals surface area contributed by atoms with E-state index in [9.17, 15) is 0 Å². The van der Waals surface area contributed by atoms with Gasteiger partial charge in [-0.25, -0.2) is 0 Å². The Morgan fingerprint density at radius 3 is 0.912 bits per heavy atom. The maximum absolute atomic E-state index is 4.64. The summed E-state index contributed by atoms with van der Waals surface area (Å²) >= 11 is 0. The Hall–Kier alpha value is -0.330. The minimum absolute atomic E-state index is 1.07. The van der Waals surface area contributed by atoms with Crippen molar-refractivity contribution >= 4 is 6.21 Å². The third kappa shape index (κ3) is 31.7. The van der Waals surface area contributed by atoms with E-state index in [1.54, 1.807) is 0 Å². The molecule has 0 saturated carbocycles. The second-order valence-electron chi connectivity index (χ2n) is 11.1. The van der Waals surface area contributed by atoms with Crippen LogP contribution < -0.4 is 0 Å². The lowest BCUT2D eigenvalue weighted by atomic mass is 10.0. The van der Waals surface area contributed by atoms with E-state index in [2.05, 4.69) is 25.1 Å². The van der Waals surface area contributed by atoms with Crippen LogP contribution in [0.5, 0.6) is 0 Å². The second kappa shape index (κ2) is 32.7. The molecule has 0 heterocycles. The van der Waals surface area contributed by atoms with Crippen molar-refractivity contribution in [3.8, 4) is 0 Å². The predicted octanol–water partition coefficient (Wildman–Crippen LogP) is 12.4. The molecule has 0 aromatic heterocycles. The fraction of sp³-hybridized carbons (Fsp3) is 0.970. The van der Waals surface area contributed by atoms with Gasteiger partial charge in [0.15, 0.2) is 0 Å². The second-order valence-corrected chi connectivity index (χ2v) is 11.1. The SMILES string of the molecule is CCCCCCCCCCCCCCCC=NCCCCCCCCCCCCCCCCC. The van der Waals surface area contributed by atoms with Gasteiger partial charge in [-0.1, -0.05) is 181 Å². The summed E-state index contributed by atoms with van der Waals surface area (Å²) in [6.45, 7) is 5.67. The van der Waals surface area contributed by atoms with Gasteiger partial charge in [-0.2, -0.15) is 0 Å². The Balaban J connectivity index is 3.07. The third-order valence-electron chi connectivity index (χ3n) is 7.46. The molecule has 0 aliphatic rings. The van der Waals surface area contributed by atoms with Gasteiger partial charge in [-0.15, -0.1) is 0 Å². The average Bonchev–Trinajstić information content (AvgIpc) is 2.85. The molecule has 0 unspecified atom stereocenters. The van der Waals surface area contributed by atoms with Crippen LogP contribution in [0.2, 0.25) is 0 Å². The molecule has 0 saturated heterocycles. The molecule has 0 fully saturated rings. The Morgan fingerprint density at radius 1 is 0.324 bits per heavy atom. The first-order valence-corrected chi connectivity index (χ1v) is 16.4. The Morgan fingerprint density at radius 2 is 0.588 bits per heavy atom. The highest BCUT2D eigenvalue weighted by Crippen LogP contribution is 2.14. The van der Waals surface area contributed by atoms with Gasteiger partial charge in [0.1, 0.15) is 0 Å². The zero-order valence-electron chi connectivity index (χ0n) is 24.2. The molecule has 204 valence electrons. The maximum Gasteiger partial charge on any atom is 0.0385 e. The number of unbranched alkanes of at least 4 members (excludes halogenated alkanes) is 27. The molecular weight excluding hydrogens is 410 g/mol. The average molecular weight is 478 g/mol. The van der Waals surface area contributed by atoms with E-state index in [0.29, 0.717) is 0 Å². The van der Waals surface area contributed by atoms with E-state index in [1.807, 2.05) is 0 Å². The van der Waals surface area contributed by atoms with Crippen molar-refractivity contribution < 1.29 is 0 Å². The smallest absolute Gasteiger partial charge is 0.0385 e. The third-order valence-corrected chi connectivity index (χ3v) is 7.46. The number of aliphatic imine (C=N–C) groups is 1. The van der Waals surface area contributed by atoms with E-state index in [1.165, 1.54) is 186 Å². The normalized spacial score (nSPS) is 11.7. The van der Waals surface area contributed by atoms with Crippen LogP contribution in [-0.2, 0) is 0 Å². The number of nitrogens with zero attached hydrogens (tertiary/aromatic N) is 1. The molecule has 0 aliphatic heterocycles. The van der Waals surface area contributed by atoms with Crippen LogP contribution in [0.15, 0.2) is 4.99 Å². The zero-order valence-corrected chi connectivity index (χ0v) is 24.2. The summed E-state index contributed by atoms with van der Waals surface area (Å²) in [6.07, 6.45) is 43.7. The van der Waals surface area contributed by atoms with Crippen molar-refractivity contribution in [2.45, 2.75) is 200 Å². The standard InChI is InChI=1S/C33H67N/c1-3-5-7-9-11-13-15-17-19-21-23-25-27-29-31-33-34-32-30-28-26-24-22-20-18-16-14-12-10-8-6-4-2/h32H,3-31,33H2,1-2H3. The molecule has 0 spiro atoms. The summed E-state index contributed by atoms with van der Waals surface area (Å²) in [5, 5.41) is 0. The van der Waals surface area contributed by atoms with Gasteiger partial charge in [0.05, 0.1) is 0 Å². The number of hydrogen-bond donors (Lipinski definition) is 0. The molecule has 0 N–H and O–H groups in total. The maximum atomic E-state index is 4.64. The van der Waals surface area contributed by atoms with Gasteiger partial charge in [-0.3, -0.25) is 4.99 Å². The van der Waals surface area contributed by atoms with E-state index in [4.69, 9.17) is 0 Å². The topological polar surface area (TPSA) is 12.4 Å². The van der Waals surface area contributed by atoms with E-state index >= 15 is 0 Å². The highest BCUT2D eigenvalue weighted by Gasteiger charge is 1.95. The van der Waals surface area contributed by atoms with Gasteiger partial charge in [-0.05, 0) is 25.5 Å². The summed E-state index contributed by atoms with van der Waals surface area (Å²) < 4.78 is 0. The Labute approximate surface area is 217 Å². The van der Waals surface area contributed by atoms with Crippen LogP contribution in [0.25, 0.3) is 0 Å². The molecule has 0 aromatic rings. The van der Waals surface area contributed by atoms with Gasteiger partial charge in [0, 0.05) is 6.54 Å². The minimum Gasteiger partial charge on any atom is -0.298 e. The quantitative estimate of drug-likeness (QED) is 0.0720. The molecule has 0 aromatic carbocycles. The molecular formula is C33H67N. The van der Waals surface area contributed by atoms with Crippen molar-refractivity contribution in [3.05, 3.63) is 0 Å². The largest absolute Gasteiger partial charge is 0.298 e. The molecule has 1 nitrogen and oxygen atoms in total. The molecule has 0 atom stereocenters. The number of hydrogen-bond acceptors (Lipinski definition) is 1. The molecule has 0 bridgehead atoms. The lowest BCUT2D eigenvalue weighted by Crippen LogP contribution is -1.86. The van der Waals surface area contributed by atoms with Crippen LogP contribution >= 0.6 is 0 Å². The van der Waals surface area contributed by atoms with E-state index < -0.39 is 0 Å². The Kier molecular flexibility index (Phi) is 32.4. The molecule has 0 rings (SSSR count). The number of rotatable bonds is 30. The van der Waals surface area contributed by atoms with Crippen molar-refractivity contribution in [3.63, 3.8) is 0 Å². The summed E-state index contributed by atoms with van der Waals surface area (Å²) in [5.74, 6) is 0.